The van der Waals surface area contributed by atoms with E-state index in [-0.39, 0.29) is 0 Å². The Morgan fingerprint density at radius 1 is 1.27 bits per heavy atom. The molecule has 0 aromatic carbocycles. The largest absolute Gasteiger partial charge is 0.313 e. The molecule has 2 rings (SSSR count). The van der Waals surface area contributed by atoms with Crippen molar-refractivity contribution in [2.24, 2.45) is 0 Å². The molecule has 4 nitrogen and oxygen atoms in total. The maximum atomic E-state index is 11.3. The van der Waals surface area contributed by atoms with E-state index in [2.05, 4.69) is 17.1 Å². The zero-order chi connectivity index (χ0) is 10.9. The Bertz CT molecular complexity index is 301. The van der Waals surface area contributed by atoms with Gasteiger partial charge in [-0.15, -0.1) is 0 Å². The summed E-state index contributed by atoms with van der Waals surface area (Å²) in [5.74, 6) is 0.687. The van der Waals surface area contributed by atoms with Gasteiger partial charge in [0.15, 0.2) is 9.84 Å². The predicted molar refractivity (Wildman–Crippen MR) is 60.7 cm³/mol. The molecule has 15 heavy (non-hydrogen) atoms. The molecule has 0 aliphatic carbocycles. The van der Waals surface area contributed by atoms with Crippen molar-refractivity contribution >= 4 is 9.84 Å². The van der Waals surface area contributed by atoms with Crippen LogP contribution >= 0.6 is 0 Å². The molecule has 2 unspecified atom stereocenters. The van der Waals surface area contributed by atoms with Crippen molar-refractivity contribution in [3.8, 4) is 0 Å². The van der Waals surface area contributed by atoms with Crippen molar-refractivity contribution in [2.45, 2.75) is 31.8 Å². The number of nitrogens with one attached hydrogen (secondary N) is 1. The first kappa shape index (κ1) is 11.4. The molecule has 0 aromatic heterocycles. The summed E-state index contributed by atoms with van der Waals surface area (Å²) in [4.78, 5) is 2.35. The molecular formula is C10H20N2O2S. The maximum absolute atomic E-state index is 11.3. The molecule has 5 heteroatoms. The Hall–Kier alpha value is -0.130. The van der Waals surface area contributed by atoms with E-state index in [1.165, 1.54) is 12.8 Å². The van der Waals surface area contributed by atoms with Crippen LogP contribution in [0.1, 0.15) is 19.8 Å². The summed E-state index contributed by atoms with van der Waals surface area (Å²) >= 11 is 0. The molecule has 0 bridgehead atoms. The zero-order valence-corrected chi connectivity index (χ0v) is 10.1. The molecule has 2 heterocycles. The van der Waals surface area contributed by atoms with Gasteiger partial charge < -0.3 is 5.32 Å². The van der Waals surface area contributed by atoms with Crippen LogP contribution in [-0.4, -0.2) is 56.5 Å². The minimum absolute atomic E-state index is 0.343. The number of rotatable bonds is 1. The molecule has 2 saturated heterocycles. The standard InChI is InChI=1S/C10H20N2O2S/c1-9-10(3-2-4-11-9)12-5-7-15(13,14)8-6-12/h9-11H,2-8H2,1H3. The van der Waals surface area contributed by atoms with Gasteiger partial charge in [0.05, 0.1) is 11.5 Å². The summed E-state index contributed by atoms with van der Waals surface area (Å²) in [6.45, 7) is 4.74. The highest BCUT2D eigenvalue weighted by molar-refractivity contribution is 7.91. The average molecular weight is 232 g/mol. The van der Waals surface area contributed by atoms with Gasteiger partial charge in [-0.1, -0.05) is 0 Å². The van der Waals surface area contributed by atoms with Crippen LogP contribution < -0.4 is 5.32 Å². The first-order valence-corrected chi connectivity index (χ1v) is 7.58. The van der Waals surface area contributed by atoms with Gasteiger partial charge in [0, 0.05) is 25.2 Å². The molecule has 2 aliphatic rings. The highest BCUT2D eigenvalue weighted by atomic mass is 32.2. The molecule has 88 valence electrons. The summed E-state index contributed by atoms with van der Waals surface area (Å²) in [7, 11) is -2.73. The van der Waals surface area contributed by atoms with Crippen molar-refractivity contribution in [1.29, 1.82) is 0 Å². The minimum atomic E-state index is -2.73. The van der Waals surface area contributed by atoms with E-state index in [0.717, 1.165) is 19.6 Å². The van der Waals surface area contributed by atoms with Gasteiger partial charge in [-0.05, 0) is 26.3 Å². The summed E-state index contributed by atoms with van der Waals surface area (Å²) in [5.41, 5.74) is 0. The van der Waals surface area contributed by atoms with Crippen LogP contribution in [0.5, 0.6) is 0 Å². The molecule has 0 saturated carbocycles. The summed E-state index contributed by atoms with van der Waals surface area (Å²) < 4.78 is 22.6. The molecule has 0 radical (unpaired) electrons. The SMILES string of the molecule is CC1NCCCC1N1CCS(=O)(=O)CC1. The average Bonchev–Trinajstić information content (AvgIpc) is 2.19. The van der Waals surface area contributed by atoms with Gasteiger partial charge in [0.25, 0.3) is 0 Å². The van der Waals surface area contributed by atoms with Crippen LogP contribution in [0.3, 0.4) is 0 Å². The van der Waals surface area contributed by atoms with Gasteiger partial charge in [0.1, 0.15) is 0 Å². The Morgan fingerprint density at radius 2 is 1.93 bits per heavy atom. The Balaban J connectivity index is 1.94. The molecule has 2 aliphatic heterocycles. The van der Waals surface area contributed by atoms with E-state index in [1.807, 2.05) is 0 Å². The highest BCUT2D eigenvalue weighted by Crippen LogP contribution is 2.18. The van der Waals surface area contributed by atoms with Gasteiger partial charge in [-0.2, -0.15) is 0 Å². The van der Waals surface area contributed by atoms with E-state index in [1.54, 1.807) is 0 Å². The summed E-state index contributed by atoms with van der Waals surface area (Å²) in [6.07, 6.45) is 2.41. The van der Waals surface area contributed by atoms with E-state index in [4.69, 9.17) is 0 Å². The van der Waals surface area contributed by atoms with Crippen molar-refractivity contribution in [2.75, 3.05) is 31.1 Å². The molecule has 1 N–H and O–H groups in total. The quantitative estimate of drug-likeness (QED) is 0.683. The van der Waals surface area contributed by atoms with Gasteiger partial charge in [-0.25, -0.2) is 8.42 Å². The Labute approximate surface area is 91.9 Å². The molecule has 0 amide bonds. The van der Waals surface area contributed by atoms with Crippen molar-refractivity contribution < 1.29 is 8.42 Å². The van der Waals surface area contributed by atoms with Crippen molar-refractivity contribution in [1.82, 2.24) is 10.2 Å². The second-order valence-corrected chi connectivity index (χ2v) is 6.94. The molecule has 0 aromatic rings. The molecule has 2 atom stereocenters. The third-order valence-electron chi connectivity index (χ3n) is 3.57. The predicted octanol–water partition coefficient (Wildman–Crippen LogP) is -0.143. The van der Waals surface area contributed by atoms with Gasteiger partial charge >= 0.3 is 0 Å². The lowest BCUT2D eigenvalue weighted by atomic mass is 9.98. The highest BCUT2D eigenvalue weighted by Gasteiger charge is 2.31. The summed E-state index contributed by atoms with van der Waals surface area (Å²) in [6, 6.07) is 1.04. The first-order chi connectivity index (χ1) is 7.08. The van der Waals surface area contributed by atoms with Crippen LogP contribution in [0, 0.1) is 0 Å². The van der Waals surface area contributed by atoms with Crippen LogP contribution in [-0.2, 0) is 9.84 Å². The number of piperidine rings is 1. The Kier molecular flexibility index (Phi) is 3.33. The van der Waals surface area contributed by atoms with Crippen molar-refractivity contribution in [3.05, 3.63) is 0 Å². The molecular weight excluding hydrogens is 212 g/mol. The second kappa shape index (κ2) is 4.39. The van der Waals surface area contributed by atoms with Crippen LogP contribution in [0.4, 0.5) is 0 Å². The zero-order valence-electron chi connectivity index (χ0n) is 9.28. The van der Waals surface area contributed by atoms with E-state index < -0.39 is 9.84 Å². The van der Waals surface area contributed by atoms with Gasteiger partial charge in [0.2, 0.25) is 0 Å². The monoisotopic (exact) mass is 232 g/mol. The fourth-order valence-electron chi connectivity index (χ4n) is 2.58. The van der Waals surface area contributed by atoms with E-state index in [9.17, 15) is 8.42 Å². The number of nitrogens with zero attached hydrogens (tertiary/aromatic N) is 1. The number of sulfone groups is 1. The lowest BCUT2D eigenvalue weighted by Gasteiger charge is -2.40. The second-order valence-electron chi connectivity index (χ2n) is 4.64. The van der Waals surface area contributed by atoms with E-state index in [0.29, 0.717) is 23.6 Å². The number of hydrogen-bond donors (Lipinski definition) is 1. The summed E-state index contributed by atoms with van der Waals surface area (Å²) in [5, 5.41) is 3.46. The van der Waals surface area contributed by atoms with Gasteiger partial charge in [-0.3, -0.25) is 4.90 Å². The molecule has 2 fully saturated rings. The fourth-order valence-corrected chi connectivity index (χ4v) is 3.81. The fraction of sp³-hybridized carbons (Fsp3) is 1.00. The third kappa shape index (κ3) is 2.71. The topological polar surface area (TPSA) is 49.4 Å². The maximum Gasteiger partial charge on any atom is 0.152 e. The van der Waals surface area contributed by atoms with Crippen LogP contribution in [0.25, 0.3) is 0 Å². The third-order valence-corrected chi connectivity index (χ3v) is 5.18. The lowest BCUT2D eigenvalue weighted by molar-refractivity contribution is 0.144. The van der Waals surface area contributed by atoms with Crippen LogP contribution in [0.15, 0.2) is 0 Å². The van der Waals surface area contributed by atoms with Crippen molar-refractivity contribution in [3.63, 3.8) is 0 Å². The molecule has 0 spiro atoms. The first-order valence-electron chi connectivity index (χ1n) is 5.76. The minimum Gasteiger partial charge on any atom is -0.313 e. The smallest absolute Gasteiger partial charge is 0.152 e. The Morgan fingerprint density at radius 3 is 2.53 bits per heavy atom. The normalized spacial score (nSPS) is 37.7. The van der Waals surface area contributed by atoms with E-state index >= 15 is 0 Å². The number of hydrogen-bond acceptors (Lipinski definition) is 4. The van der Waals surface area contributed by atoms with Crippen LogP contribution in [0.2, 0.25) is 0 Å². The lowest BCUT2D eigenvalue weighted by Crippen LogP contribution is -2.55.